The van der Waals surface area contributed by atoms with Crippen LogP contribution >= 0.6 is 0 Å². The Kier molecular flexibility index (Phi) is 8.20. The van der Waals surface area contributed by atoms with Gasteiger partial charge in [-0.1, -0.05) is 71.4 Å². The number of rotatable bonds is 8. The molecule has 0 saturated heterocycles. The summed E-state index contributed by atoms with van der Waals surface area (Å²) in [6.45, 7) is 11.1. The van der Waals surface area contributed by atoms with Crippen molar-refractivity contribution >= 4 is 5.97 Å². The molecule has 22 heavy (non-hydrogen) atoms. The summed E-state index contributed by atoms with van der Waals surface area (Å²) in [6, 6.07) is 0. The third kappa shape index (κ3) is 5.78. The second-order valence-corrected chi connectivity index (χ2v) is 7.72. The molecular formula is C20H36O2. The van der Waals surface area contributed by atoms with Crippen molar-refractivity contribution in [3.63, 3.8) is 0 Å². The number of aliphatic carboxylic acids is 1. The third-order valence-corrected chi connectivity index (χ3v) is 5.77. The molecule has 2 fully saturated rings. The van der Waals surface area contributed by atoms with E-state index in [9.17, 15) is 4.79 Å². The molecule has 0 aliphatic heterocycles. The number of fused-ring (bicyclic) bond motifs is 2. The van der Waals surface area contributed by atoms with E-state index in [0.717, 1.165) is 24.7 Å². The zero-order valence-corrected chi connectivity index (χ0v) is 15.0. The van der Waals surface area contributed by atoms with Crippen LogP contribution < -0.4 is 0 Å². The van der Waals surface area contributed by atoms with Gasteiger partial charge in [0.1, 0.15) is 0 Å². The van der Waals surface area contributed by atoms with E-state index >= 15 is 0 Å². The third-order valence-electron chi connectivity index (χ3n) is 5.77. The van der Waals surface area contributed by atoms with Crippen LogP contribution in [0.1, 0.15) is 91.4 Å². The van der Waals surface area contributed by atoms with Gasteiger partial charge in [0.2, 0.25) is 0 Å². The summed E-state index contributed by atoms with van der Waals surface area (Å²) in [6.07, 6.45) is 13.0. The molecule has 2 aliphatic carbocycles. The van der Waals surface area contributed by atoms with Crippen LogP contribution in [0.2, 0.25) is 0 Å². The highest BCUT2D eigenvalue weighted by Crippen LogP contribution is 2.58. The van der Waals surface area contributed by atoms with Gasteiger partial charge in [-0.15, -0.1) is 0 Å². The van der Waals surface area contributed by atoms with Crippen molar-refractivity contribution in [2.24, 2.45) is 17.3 Å². The summed E-state index contributed by atoms with van der Waals surface area (Å²) in [5.74, 6) is 1.19. The maximum Gasteiger partial charge on any atom is 0.303 e. The molecule has 2 bridgehead atoms. The molecule has 0 aromatic carbocycles. The van der Waals surface area contributed by atoms with Gasteiger partial charge in [-0.2, -0.15) is 0 Å². The number of carbonyl (C=O) groups is 1. The van der Waals surface area contributed by atoms with E-state index < -0.39 is 5.97 Å². The number of hydrogen-bond acceptors (Lipinski definition) is 1. The molecule has 2 saturated carbocycles. The molecule has 128 valence electrons. The standard InChI is InChI=1S/C10H20O2.C10H16/c1-2-3-4-5-6-7-8-9-10(11)12;1-7-8-4-5-9(6-8)10(7,2)3/h2-9H2,1H3,(H,11,12);8-9H,1,4-6H2,2-3H3. The zero-order chi connectivity index (χ0) is 16.6. The molecule has 2 unspecified atom stereocenters. The van der Waals surface area contributed by atoms with Gasteiger partial charge in [0.15, 0.2) is 0 Å². The lowest BCUT2D eigenvalue weighted by Crippen LogP contribution is -2.21. The van der Waals surface area contributed by atoms with Crippen LogP contribution in [0.4, 0.5) is 0 Å². The van der Waals surface area contributed by atoms with Crippen LogP contribution in [0, 0.1) is 17.3 Å². The summed E-state index contributed by atoms with van der Waals surface area (Å²) >= 11 is 0. The highest BCUT2D eigenvalue weighted by Gasteiger charge is 2.47. The summed E-state index contributed by atoms with van der Waals surface area (Å²) in [5.41, 5.74) is 2.01. The lowest BCUT2D eigenvalue weighted by Gasteiger charge is -2.31. The summed E-state index contributed by atoms with van der Waals surface area (Å²) < 4.78 is 0. The van der Waals surface area contributed by atoms with Crippen molar-refractivity contribution in [1.82, 2.24) is 0 Å². The predicted molar refractivity (Wildman–Crippen MR) is 94.0 cm³/mol. The highest BCUT2D eigenvalue weighted by molar-refractivity contribution is 5.66. The monoisotopic (exact) mass is 308 g/mol. The Morgan fingerprint density at radius 3 is 2.14 bits per heavy atom. The molecule has 2 atom stereocenters. The molecule has 2 heteroatoms. The summed E-state index contributed by atoms with van der Waals surface area (Å²) in [4.78, 5) is 10.1. The number of hydrogen-bond donors (Lipinski definition) is 1. The predicted octanol–water partition coefficient (Wildman–Crippen LogP) is 6.21. The number of unbranched alkanes of at least 4 members (excludes halogenated alkanes) is 6. The normalized spacial score (nSPS) is 25.0. The fraction of sp³-hybridized carbons (Fsp3) is 0.850. The number of allylic oxidation sites excluding steroid dienone is 1. The lowest BCUT2D eigenvalue weighted by molar-refractivity contribution is -0.137. The van der Waals surface area contributed by atoms with Crippen molar-refractivity contribution in [3.8, 4) is 0 Å². The van der Waals surface area contributed by atoms with E-state index in [-0.39, 0.29) is 0 Å². The van der Waals surface area contributed by atoms with Crippen LogP contribution in [-0.2, 0) is 4.79 Å². The molecular weight excluding hydrogens is 272 g/mol. The first-order chi connectivity index (χ1) is 10.4. The average Bonchev–Trinajstić information content (AvgIpc) is 3.02. The molecule has 0 spiro atoms. The Morgan fingerprint density at radius 2 is 1.73 bits per heavy atom. The van der Waals surface area contributed by atoms with Crippen molar-refractivity contribution in [2.45, 2.75) is 91.4 Å². The fourth-order valence-electron chi connectivity index (χ4n) is 3.98. The van der Waals surface area contributed by atoms with Crippen LogP contribution in [0.5, 0.6) is 0 Å². The van der Waals surface area contributed by atoms with E-state index in [1.807, 2.05) is 0 Å². The fourth-order valence-corrected chi connectivity index (χ4v) is 3.98. The van der Waals surface area contributed by atoms with Crippen molar-refractivity contribution < 1.29 is 9.90 Å². The minimum Gasteiger partial charge on any atom is -0.481 e. The van der Waals surface area contributed by atoms with Crippen molar-refractivity contribution in [3.05, 3.63) is 12.2 Å². The zero-order valence-electron chi connectivity index (χ0n) is 15.0. The maximum absolute atomic E-state index is 10.1. The Balaban J connectivity index is 0.000000222. The highest BCUT2D eigenvalue weighted by atomic mass is 16.4. The van der Waals surface area contributed by atoms with Gasteiger partial charge in [-0.25, -0.2) is 0 Å². The topological polar surface area (TPSA) is 37.3 Å². The van der Waals surface area contributed by atoms with Gasteiger partial charge in [-0.3, -0.25) is 4.79 Å². The van der Waals surface area contributed by atoms with E-state index in [0.29, 0.717) is 11.8 Å². The Morgan fingerprint density at radius 1 is 1.14 bits per heavy atom. The van der Waals surface area contributed by atoms with E-state index in [2.05, 4.69) is 27.4 Å². The van der Waals surface area contributed by atoms with Crippen molar-refractivity contribution in [2.75, 3.05) is 0 Å². The summed E-state index contributed by atoms with van der Waals surface area (Å²) in [5, 5.41) is 8.35. The van der Waals surface area contributed by atoms with Crippen LogP contribution in [-0.4, -0.2) is 11.1 Å². The van der Waals surface area contributed by atoms with Crippen LogP contribution in [0.15, 0.2) is 12.2 Å². The molecule has 2 rings (SSSR count). The van der Waals surface area contributed by atoms with Gasteiger partial charge >= 0.3 is 5.97 Å². The quantitative estimate of drug-likeness (QED) is 0.427. The molecule has 0 aromatic rings. The Labute approximate surface area is 137 Å². The Hall–Kier alpha value is -0.790. The van der Waals surface area contributed by atoms with Crippen LogP contribution in [0.25, 0.3) is 0 Å². The first-order valence-corrected chi connectivity index (χ1v) is 9.30. The van der Waals surface area contributed by atoms with E-state index in [1.54, 1.807) is 0 Å². The lowest BCUT2D eigenvalue weighted by atomic mass is 9.73. The largest absolute Gasteiger partial charge is 0.481 e. The maximum atomic E-state index is 10.1. The molecule has 0 heterocycles. The van der Waals surface area contributed by atoms with Gasteiger partial charge < -0.3 is 5.11 Å². The SMILES string of the molecule is C=C1C2CCC(C2)C1(C)C.CCCCCCCCCC(=O)O. The van der Waals surface area contributed by atoms with Gasteiger partial charge in [0.05, 0.1) is 0 Å². The van der Waals surface area contributed by atoms with Crippen molar-refractivity contribution in [1.29, 1.82) is 0 Å². The molecule has 2 aliphatic rings. The van der Waals surface area contributed by atoms with Crippen LogP contribution in [0.3, 0.4) is 0 Å². The Bertz CT molecular complexity index is 357. The van der Waals surface area contributed by atoms with E-state index in [1.165, 1.54) is 56.9 Å². The average molecular weight is 309 g/mol. The minimum absolute atomic E-state index is 0.341. The van der Waals surface area contributed by atoms with Gasteiger partial charge in [-0.05, 0) is 42.9 Å². The second kappa shape index (κ2) is 9.37. The molecule has 0 amide bonds. The van der Waals surface area contributed by atoms with E-state index in [4.69, 9.17) is 5.11 Å². The second-order valence-electron chi connectivity index (χ2n) is 7.72. The van der Waals surface area contributed by atoms with Gasteiger partial charge in [0.25, 0.3) is 0 Å². The molecule has 0 radical (unpaired) electrons. The first kappa shape index (κ1) is 19.3. The molecule has 1 N–H and O–H groups in total. The number of carboxylic acids is 1. The number of carboxylic acid groups (broad SMARTS) is 1. The molecule has 2 nitrogen and oxygen atoms in total. The minimum atomic E-state index is -0.663. The smallest absolute Gasteiger partial charge is 0.303 e. The first-order valence-electron chi connectivity index (χ1n) is 9.30. The van der Waals surface area contributed by atoms with Gasteiger partial charge in [0, 0.05) is 6.42 Å². The molecule has 0 aromatic heterocycles. The summed E-state index contributed by atoms with van der Waals surface area (Å²) in [7, 11) is 0.